The highest BCUT2D eigenvalue weighted by Crippen LogP contribution is 2.36. The van der Waals surface area contributed by atoms with Gasteiger partial charge in [0.25, 0.3) is 0 Å². The molecule has 0 bridgehead atoms. The number of allylic oxidation sites excluding steroid dienone is 2. The van der Waals surface area contributed by atoms with Gasteiger partial charge in [0.2, 0.25) is 0 Å². The Balaban J connectivity index is 2.13. The first-order valence-electron chi connectivity index (χ1n) is 5.29. The SMILES string of the molecule is O=C1CCCCC2=C1c1nnncc1C2. The van der Waals surface area contributed by atoms with Crippen LogP contribution in [0.1, 0.15) is 36.9 Å². The fourth-order valence-corrected chi connectivity index (χ4v) is 2.41. The standard InChI is InChI=1S/C11H11N3O/c15-9-4-2-1-3-7-5-8-6-12-14-13-11(8)10(7)9/h6H,1-5H2. The van der Waals surface area contributed by atoms with Crippen molar-refractivity contribution in [1.82, 2.24) is 15.4 Å². The molecule has 15 heavy (non-hydrogen) atoms. The molecule has 0 aliphatic heterocycles. The zero-order valence-corrected chi connectivity index (χ0v) is 8.36. The molecule has 0 spiro atoms. The minimum atomic E-state index is 0.238. The summed E-state index contributed by atoms with van der Waals surface area (Å²) < 4.78 is 0. The molecule has 0 saturated carbocycles. The van der Waals surface area contributed by atoms with Gasteiger partial charge in [-0.15, -0.1) is 10.2 Å². The summed E-state index contributed by atoms with van der Waals surface area (Å²) in [5.74, 6) is 0.238. The molecular formula is C11H11N3O. The highest BCUT2D eigenvalue weighted by atomic mass is 16.1. The van der Waals surface area contributed by atoms with Crippen LogP contribution in [0.3, 0.4) is 0 Å². The lowest BCUT2D eigenvalue weighted by molar-refractivity contribution is -0.113. The molecule has 1 aromatic rings. The molecule has 2 aliphatic rings. The van der Waals surface area contributed by atoms with Crippen LogP contribution < -0.4 is 0 Å². The highest BCUT2D eigenvalue weighted by molar-refractivity contribution is 6.22. The van der Waals surface area contributed by atoms with E-state index in [0.717, 1.165) is 42.5 Å². The maximum absolute atomic E-state index is 11.9. The molecule has 3 rings (SSSR count). The van der Waals surface area contributed by atoms with Crippen LogP contribution in [0.25, 0.3) is 5.57 Å². The third-order valence-electron chi connectivity index (χ3n) is 3.12. The average Bonchev–Trinajstić information content (AvgIpc) is 2.53. The molecule has 1 aromatic heterocycles. The van der Waals surface area contributed by atoms with Gasteiger partial charge in [-0.05, 0) is 30.9 Å². The number of carbonyl (C=O) groups is 1. The second-order valence-electron chi connectivity index (χ2n) is 4.09. The molecule has 0 saturated heterocycles. The van der Waals surface area contributed by atoms with Gasteiger partial charge in [0.1, 0.15) is 5.69 Å². The number of ketones is 1. The zero-order chi connectivity index (χ0) is 10.3. The monoisotopic (exact) mass is 201 g/mol. The number of hydrogen-bond acceptors (Lipinski definition) is 4. The fourth-order valence-electron chi connectivity index (χ4n) is 2.41. The van der Waals surface area contributed by atoms with Crippen molar-refractivity contribution in [3.63, 3.8) is 0 Å². The Kier molecular flexibility index (Phi) is 1.87. The smallest absolute Gasteiger partial charge is 0.165 e. The molecular weight excluding hydrogens is 190 g/mol. The van der Waals surface area contributed by atoms with E-state index in [1.807, 2.05) is 0 Å². The van der Waals surface area contributed by atoms with E-state index in [9.17, 15) is 4.79 Å². The van der Waals surface area contributed by atoms with E-state index in [1.54, 1.807) is 6.20 Å². The molecule has 1 heterocycles. The Morgan fingerprint density at radius 3 is 3.00 bits per heavy atom. The second kappa shape index (κ2) is 3.22. The molecule has 0 radical (unpaired) electrons. The minimum absolute atomic E-state index is 0.238. The van der Waals surface area contributed by atoms with Crippen LogP contribution in [0, 0.1) is 0 Å². The largest absolute Gasteiger partial charge is 0.294 e. The number of hydrogen-bond donors (Lipinski definition) is 0. The third kappa shape index (κ3) is 1.28. The summed E-state index contributed by atoms with van der Waals surface area (Å²) in [6.45, 7) is 0. The lowest BCUT2D eigenvalue weighted by Crippen LogP contribution is -2.03. The van der Waals surface area contributed by atoms with E-state index >= 15 is 0 Å². The van der Waals surface area contributed by atoms with Gasteiger partial charge >= 0.3 is 0 Å². The van der Waals surface area contributed by atoms with Gasteiger partial charge < -0.3 is 0 Å². The quantitative estimate of drug-likeness (QED) is 0.635. The predicted molar refractivity (Wildman–Crippen MR) is 53.9 cm³/mol. The summed E-state index contributed by atoms with van der Waals surface area (Å²) in [4.78, 5) is 11.9. The van der Waals surface area contributed by atoms with Crippen molar-refractivity contribution in [1.29, 1.82) is 0 Å². The summed E-state index contributed by atoms with van der Waals surface area (Å²) in [7, 11) is 0. The van der Waals surface area contributed by atoms with Gasteiger partial charge in [-0.1, -0.05) is 5.57 Å². The van der Waals surface area contributed by atoms with Crippen molar-refractivity contribution >= 4 is 11.4 Å². The summed E-state index contributed by atoms with van der Waals surface area (Å²) in [5.41, 5.74) is 3.93. The van der Waals surface area contributed by atoms with Crippen molar-refractivity contribution in [2.24, 2.45) is 0 Å². The molecule has 2 aliphatic carbocycles. The number of rotatable bonds is 0. The Bertz CT molecular complexity index is 465. The van der Waals surface area contributed by atoms with E-state index in [0.29, 0.717) is 6.42 Å². The number of Topliss-reactive ketones (excluding diaryl/α,β-unsaturated/α-hetero) is 1. The predicted octanol–water partition coefficient (Wildman–Crippen LogP) is 1.32. The van der Waals surface area contributed by atoms with E-state index in [-0.39, 0.29) is 5.78 Å². The molecule has 0 amide bonds. The first-order valence-corrected chi connectivity index (χ1v) is 5.29. The lowest BCUT2D eigenvalue weighted by Gasteiger charge is -2.00. The van der Waals surface area contributed by atoms with Crippen LogP contribution in [-0.2, 0) is 11.2 Å². The average molecular weight is 201 g/mol. The van der Waals surface area contributed by atoms with Crippen molar-refractivity contribution in [3.05, 3.63) is 23.0 Å². The Hall–Kier alpha value is -1.58. The third-order valence-corrected chi connectivity index (χ3v) is 3.12. The van der Waals surface area contributed by atoms with Gasteiger partial charge in [-0.3, -0.25) is 4.79 Å². The Morgan fingerprint density at radius 2 is 2.07 bits per heavy atom. The van der Waals surface area contributed by atoms with Gasteiger partial charge in [-0.25, -0.2) is 0 Å². The summed E-state index contributed by atoms with van der Waals surface area (Å²) in [5, 5.41) is 11.4. The van der Waals surface area contributed by atoms with Crippen LogP contribution in [-0.4, -0.2) is 21.2 Å². The number of nitrogens with zero attached hydrogens (tertiary/aromatic N) is 3. The van der Waals surface area contributed by atoms with Crippen LogP contribution in [0.4, 0.5) is 0 Å². The molecule has 0 fully saturated rings. The van der Waals surface area contributed by atoms with Gasteiger partial charge in [-0.2, -0.15) is 0 Å². The van der Waals surface area contributed by atoms with Gasteiger partial charge in [0.15, 0.2) is 5.78 Å². The van der Waals surface area contributed by atoms with Crippen LogP contribution in [0.15, 0.2) is 11.8 Å². The van der Waals surface area contributed by atoms with E-state index < -0.39 is 0 Å². The van der Waals surface area contributed by atoms with Gasteiger partial charge in [0, 0.05) is 17.6 Å². The Morgan fingerprint density at radius 1 is 1.20 bits per heavy atom. The molecule has 4 nitrogen and oxygen atoms in total. The van der Waals surface area contributed by atoms with Crippen molar-refractivity contribution in [2.75, 3.05) is 0 Å². The lowest BCUT2D eigenvalue weighted by atomic mass is 10.1. The first-order chi connectivity index (χ1) is 7.36. The normalized spacial score (nSPS) is 19.9. The van der Waals surface area contributed by atoms with E-state index in [4.69, 9.17) is 0 Å². The van der Waals surface area contributed by atoms with Crippen molar-refractivity contribution in [3.8, 4) is 0 Å². The number of aromatic nitrogens is 3. The van der Waals surface area contributed by atoms with Crippen molar-refractivity contribution < 1.29 is 4.79 Å². The second-order valence-corrected chi connectivity index (χ2v) is 4.09. The maximum atomic E-state index is 11.9. The number of carbonyl (C=O) groups excluding carboxylic acids is 1. The molecule has 0 atom stereocenters. The molecule has 4 heteroatoms. The summed E-state index contributed by atoms with van der Waals surface area (Å²) in [6, 6.07) is 0. The van der Waals surface area contributed by atoms with Crippen LogP contribution >= 0.6 is 0 Å². The van der Waals surface area contributed by atoms with Gasteiger partial charge in [0.05, 0.1) is 6.20 Å². The van der Waals surface area contributed by atoms with Crippen LogP contribution in [0.2, 0.25) is 0 Å². The van der Waals surface area contributed by atoms with Crippen LogP contribution in [0.5, 0.6) is 0 Å². The zero-order valence-electron chi connectivity index (χ0n) is 8.36. The summed E-state index contributed by atoms with van der Waals surface area (Å²) >= 11 is 0. The summed E-state index contributed by atoms with van der Waals surface area (Å²) in [6.07, 6.45) is 6.36. The fraction of sp³-hybridized carbons (Fsp3) is 0.455. The maximum Gasteiger partial charge on any atom is 0.165 e. The minimum Gasteiger partial charge on any atom is -0.294 e. The molecule has 76 valence electrons. The topological polar surface area (TPSA) is 55.7 Å². The van der Waals surface area contributed by atoms with E-state index in [2.05, 4.69) is 15.4 Å². The van der Waals surface area contributed by atoms with Crippen molar-refractivity contribution in [2.45, 2.75) is 32.1 Å². The molecule has 0 N–H and O–H groups in total. The number of fused-ring (bicyclic) bond motifs is 2. The van der Waals surface area contributed by atoms with E-state index in [1.165, 1.54) is 5.57 Å². The molecule has 0 unspecified atom stereocenters. The Labute approximate surface area is 87.4 Å². The molecule has 0 aromatic carbocycles. The highest BCUT2D eigenvalue weighted by Gasteiger charge is 2.29. The first kappa shape index (κ1) is 8.71.